The lowest BCUT2D eigenvalue weighted by atomic mass is 9.86. The lowest BCUT2D eigenvalue weighted by Gasteiger charge is -2.19. The van der Waals surface area contributed by atoms with Gasteiger partial charge in [0.25, 0.3) is 0 Å². The van der Waals surface area contributed by atoms with Crippen molar-refractivity contribution in [2.75, 3.05) is 3.11 Å². The van der Waals surface area contributed by atoms with Crippen LogP contribution < -0.4 is 3.11 Å². The minimum Gasteiger partial charge on any atom is -0.282 e. The lowest BCUT2D eigenvalue weighted by molar-refractivity contribution is 0.597. The molecule has 0 aliphatic rings. The normalized spacial score (nSPS) is 12.0. The molecule has 0 bridgehead atoms. The highest BCUT2D eigenvalue weighted by Crippen LogP contribution is 2.45. The van der Waals surface area contributed by atoms with Gasteiger partial charge in [0.15, 0.2) is 0 Å². The number of benzene rings is 3. The molecule has 0 saturated heterocycles. The monoisotopic (exact) mass is 485 g/mol. The zero-order chi connectivity index (χ0) is 19.2. The summed E-state index contributed by atoms with van der Waals surface area (Å²) in [5.74, 6) is 0. The maximum absolute atomic E-state index is 2.43. The van der Waals surface area contributed by atoms with Crippen molar-refractivity contribution >= 4 is 65.7 Å². The van der Waals surface area contributed by atoms with Gasteiger partial charge in [-0.05, 0) is 41.2 Å². The highest BCUT2D eigenvalue weighted by Gasteiger charge is 2.21. The summed E-state index contributed by atoms with van der Waals surface area (Å²) in [6.45, 7) is 9.09. The van der Waals surface area contributed by atoms with Gasteiger partial charge in [-0.3, -0.25) is 3.11 Å². The SMILES string of the molecule is CCc1ccc(N(I)c2cccc3c2sc2c(C(C)(C)C)cccc23)cc1. The summed E-state index contributed by atoms with van der Waals surface area (Å²) in [5.41, 5.74) is 5.42. The standard InChI is InChI=1S/C24H24INS/c1-5-16-12-14-17(15-13-16)26(25)21-11-7-9-19-18-8-6-10-20(24(2,3)4)22(18)27-23(19)21/h6-15H,5H2,1-4H3. The van der Waals surface area contributed by atoms with E-state index in [0.717, 1.165) is 6.42 Å². The van der Waals surface area contributed by atoms with E-state index in [9.17, 15) is 0 Å². The number of anilines is 2. The van der Waals surface area contributed by atoms with Gasteiger partial charge in [-0.15, -0.1) is 11.3 Å². The number of hydrogen-bond donors (Lipinski definition) is 0. The van der Waals surface area contributed by atoms with Crippen LogP contribution in [0.15, 0.2) is 60.7 Å². The molecular weight excluding hydrogens is 461 g/mol. The Morgan fingerprint density at radius 3 is 2.11 bits per heavy atom. The van der Waals surface area contributed by atoms with E-state index in [1.807, 2.05) is 11.3 Å². The number of aryl methyl sites for hydroxylation is 1. The van der Waals surface area contributed by atoms with Crippen molar-refractivity contribution < 1.29 is 0 Å². The summed E-state index contributed by atoms with van der Waals surface area (Å²) in [4.78, 5) is 0. The van der Waals surface area contributed by atoms with Gasteiger partial charge in [-0.1, -0.05) is 70.2 Å². The van der Waals surface area contributed by atoms with Crippen LogP contribution in [0.3, 0.4) is 0 Å². The summed E-state index contributed by atoms with van der Waals surface area (Å²) < 4.78 is 5.06. The summed E-state index contributed by atoms with van der Waals surface area (Å²) in [5, 5.41) is 2.72. The van der Waals surface area contributed by atoms with Crippen molar-refractivity contribution in [2.24, 2.45) is 0 Å². The quantitative estimate of drug-likeness (QED) is 0.208. The molecule has 0 radical (unpaired) electrons. The van der Waals surface area contributed by atoms with Crippen molar-refractivity contribution in [3.8, 4) is 0 Å². The Bertz CT molecular complexity index is 1100. The molecule has 4 aromatic rings. The maximum Gasteiger partial charge on any atom is 0.0689 e. The van der Waals surface area contributed by atoms with E-state index >= 15 is 0 Å². The zero-order valence-electron chi connectivity index (χ0n) is 16.2. The molecule has 138 valence electrons. The molecule has 1 heterocycles. The van der Waals surface area contributed by atoms with E-state index in [2.05, 4.69) is 114 Å². The van der Waals surface area contributed by atoms with Gasteiger partial charge in [0.05, 0.1) is 38.9 Å². The van der Waals surface area contributed by atoms with Crippen LogP contribution >= 0.6 is 34.2 Å². The Kier molecular flexibility index (Phi) is 4.93. The summed E-state index contributed by atoms with van der Waals surface area (Å²) in [6, 6.07) is 22.3. The van der Waals surface area contributed by atoms with E-state index < -0.39 is 0 Å². The molecule has 4 rings (SSSR count). The first-order valence-electron chi connectivity index (χ1n) is 9.39. The first-order valence-corrected chi connectivity index (χ1v) is 11.2. The molecule has 0 amide bonds. The molecule has 1 nitrogen and oxygen atoms in total. The lowest BCUT2D eigenvalue weighted by Crippen LogP contribution is -2.10. The molecular formula is C24H24INS. The van der Waals surface area contributed by atoms with Crippen LogP contribution in [-0.2, 0) is 11.8 Å². The molecule has 0 spiro atoms. The Hall–Kier alpha value is -1.59. The van der Waals surface area contributed by atoms with Crippen LogP contribution in [0.25, 0.3) is 20.2 Å². The second-order valence-electron chi connectivity index (χ2n) is 7.99. The average molecular weight is 485 g/mol. The summed E-state index contributed by atoms with van der Waals surface area (Å²) in [6.07, 6.45) is 1.07. The fourth-order valence-corrected chi connectivity index (χ4v) is 5.97. The Morgan fingerprint density at radius 2 is 1.48 bits per heavy atom. The molecule has 3 heteroatoms. The van der Waals surface area contributed by atoms with Crippen molar-refractivity contribution in [3.63, 3.8) is 0 Å². The van der Waals surface area contributed by atoms with Crippen molar-refractivity contribution in [3.05, 3.63) is 71.8 Å². The van der Waals surface area contributed by atoms with Gasteiger partial charge >= 0.3 is 0 Å². The smallest absolute Gasteiger partial charge is 0.0689 e. The number of thiophene rings is 1. The third kappa shape index (κ3) is 3.36. The molecule has 27 heavy (non-hydrogen) atoms. The number of hydrogen-bond acceptors (Lipinski definition) is 2. The molecule has 0 N–H and O–H groups in total. The van der Waals surface area contributed by atoms with Crippen LogP contribution in [0.2, 0.25) is 0 Å². The topological polar surface area (TPSA) is 3.24 Å². The predicted octanol–water partition coefficient (Wildman–Crippen LogP) is 8.40. The molecule has 0 saturated carbocycles. The fourth-order valence-electron chi connectivity index (χ4n) is 3.55. The number of halogens is 1. The zero-order valence-corrected chi connectivity index (χ0v) is 19.2. The van der Waals surface area contributed by atoms with E-state index in [4.69, 9.17) is 0 Å². The van der Waals surface area contributed by atoms with Crippen LogP contribution in [0.4, 0.5) is 11.4 Å². The fraction of sp³-hybridized carbons (Fsp3) is 0.250. The van der Waals surface area contributed by atoms with Gasteiger partial charge in [0.2, 0.25) is 0 Å². The maximum atomic E-state index is 2.43. The number of nitrogens with zero attached hydrogens (tertiary/aromatic N) is 1. The third-order valence-corrected chi connectivity index (χ3v) is 7.45. The molecule has 0 aliphatic carbocycles. The van der Waals surface area contributed by atoms with E-state index in [1.54, 1.807) is 0 Å². The first kappa shape index (κ1) is 18.8. The number of fused-ring (bicyclic) bond motifs is 3. The van der Waals surface area contributed by atoms with Crippen molar-refractivity contribution in [1.82, 2.24) is 0 Å². The summed E-state index contributed by atoms with van der Waals surface area (Å²) in [7, 11) is 0. The van der Waals surface area contributed by atoms with Gasteiger partial charge in [0.1, 0.15) is 0 Å². The van der Waals surface area contributed by atoms with Gasteiger partial charge in [0, 0.05) is 15.5 Å². The first-order chi connectivity index (χ1) is 12.9. The van der Waals surface area contributed by atoms with Crippen LogP contribution in [0, 0.1) is 0 Å². The molecule has 1 aromatic heterocycles. The number of rotatable bonds is 3. The second kappa shape index (κ2) is 7.10. The Balaban J connectivity index is 1.91. The molecule has 0 fully saturated rings. The van der Waals surface area contributed by atoms with Crippen LogP contribution in [0.5, 0.6) is 0 Å². The summed E-state index contributed by atoms with van der Waals surface area (Å²) >= 11 is 4.36. The van der Waals surface area contributed by atoms with E-state index in [1.165, 1.54) is 42.7 Å². The second-order valence-corrected chi connectivity index (χ2v) is 9.97. The molecule has 3 aromatic carbocycles. The van der Waals surface area contributed by atoms with Crippen molar-refractivity contribution in [2.45, 2.75) is 39.5 Å². The van der Waals surface area contributed by atoms with Gasteiger partial charge in [-0.25, -0.2) is 0 Å². The molecule has 0 unspecified atom stereocenters. The minimum atomic E-state index is 0.139. The minimum absolute atomic E-state index is 0.139. The largest absolute Gasteiger partial charge is 0.282 e. The average Bonchev–Trinajstić information content (AvgIpc) is 3.05. The molecule has 0 atom stereocenters. The van der Waals surface area contributed by atoms with E-state index in [-0.39, 0.29) is 5.41 Å². The van der Waals surface area contributed by atoms with Gasteiger partial charge in [-0.2, -0.15) is 0 Å². The van der Waals surface area contributed by atoms with Crippen LogP contribution in [0.1, 0.15) is 38.8 Å². The Labute approximate surface area is 179 Å². The van der Waals surface area contributed by atoms with E-state index in [0.29, 0.717) is 0 Å². The highest BCUT2D eigenvalue weighted by molar-refractivity contribution is 14.1. The van der Waals surface area contributed by atoms with Gasteiger partial charge < -0.3 is 0 Å². The Morgan fingerprint density at radius 1 is 0.852 bits per heavy atom. The third-order valence-electron chi connectivity index (χ3n) is 5.09. The van der Waals surface area contributed by atoms with Crippen LogP contribution in [-0.4, -0.2) is 0 Å². The molecule has 0 aliphatic heterocycles. The highest BCUT2D eigenvalue weighted by atomic mass is 127. The van der Waals surface area contributed by atoms with Crippen molar-refractivity contribution in [1.29, 1.82) is 0 Å². The predicted molar refractivity (Wildman–Crippen MR) is 130 cm³/mol.